The minimum absolute atomic E-state index is 0. The molecule has 1 aromatic carbocycles. The number of piperazine rings is 1. The molecule has 0 radical (unpaired) electrons. The molecule has 1 fully saturated rings. The molecule has 0 aliphatic carbocycles. The lowest BCUT2D eigenvalue weighted by atomic mass is 10.2. The van der Waals surface area contributed by atoms with Crippen LogP contribution in [0.25, 0.3) is 5.69 Å². The third kappa shape index (κ3) is 5.26. The minimum atomic E-state index is 0. The number of guanidine groups is 1. The second-order valence-corrected chi connectivity index (χ2v) is 6.70. The first-order valence-corrected chi connectivity index (χ1v) is 9.52. The van der Waals surface area contributed by atoms with Gasteiger partial charge in [0.1, 0.15) is 5.82 Å². The van der Waals surface area contributed by atoms with Gasteiger partial charge in [0, 0.05) is 64.0 Å². The summed E-state index contributed by atoms with van der Waals surface area (Å²) in [5.74, 6) is 1.98. The predicted octanol–water partition coefficient (Wildman–Crippen LogP) is 2.78. The molecule has 1 aliphatic rings. The van der Waals surface area contributed by atoms with E-state index < -0.39 is 0 Å². The maximum Gasteiger partial charge on any atom is 0.194 e. The van der Waals surface area contributed by atoms with Crippen LogP contribution in [0.5, 0.6) is 0 Å². The van der Waals surface area contributed by atoms with E-state index in [9.17, 15) is 0 Å². The smallest absolute Gasteiger partial charge is 0.194 e. The highest BCUT2D eigenvalue weighted by molar-refractivity contribution is 14.0. The Morgan fingerprint density at radius 1 is 1.07 bits per heavy atom. The van der Waals surface area contributed by atoms with Crippen LogP contribution in [-0.4, -0.2) is 58.6 Å². The Labute approximate surface area is 188 Å². The lowest BCUT2D eigenvalue weighted by molar-refractivity contribution is 0.371. The summed E-state index contributed by atoms with van der Waals surface area (Å²) in [6, 6.07) is 14.5. The van der Waals surface area contributed by atoms with Gasteiger partial charge in [-0.3, -0.25) is 4.99 Å². The molecule has 3 heterocycles. The van der Waals surface area contributed by atoms with Crippen molar-refractivity contribution in [1.29, 1.82) is 0 Å². The quantitative estimate of drug-likeness (QED) is 0.337. The second-order valence-electron chi connectivity index (χ2n) is 6.70. The summed E-state index contributed by atoms with van der Waals surface area (Å²) >= 11 is 0. The molecule has 0 atom stereocenters. The SMILES string of the molecule is CN=C(NCc1cccc(-n2ccnc2)c1)N1CCN(c2ccccn2)CC1.I. The van der Waals surface area contributed by atoms with E-state index in [1.54, 1.807) is 6.20 Å². The zero-order chi connectivity index (χ0) is 19.2. The molecule has 1 saturated heterocycles. The summed E-state index contributed by atoms with van der Waals surface area (Å²) in [6.45, 7) is 4.45. The Morgan fingerprint density at radius 3 is 2.62 bits per heavy atom. The third-order valence-corrected chi connectivity index (χ3v) is 4.93. The van der Waals surface area contributed by atoms with Crippen molar-refractivity contribution in [2.75, 3.05) is 38.1 Å². The van der Waals surface area contributed by atoms with Gasteiger partial charge in [0.05, 0.1) is 6.33 Å². The van der Waals surface area contributed by atoms with Crippen LogP contribution in [0.15, 0.2) is 72.4 Å². The molecule has 0 amide bonds. The van der Waals surface area contributed by atoms with Crippen LogP contribution in [0.4, 0.5) is 5.82 Å². The predicted molar refractivity (Wildman–Crippen MR) is 127 cm³/mol. The number of aromatic nitrogens is 3. The molecule has 0 unspecified atom stereocenters. The van der Waals surface area contributed by atoms with Crippen LogP contribution >= 0.6 is 24.0 Å². The second kappa shape index (κ2) is 10.2. The molecule has 1 N–H and O–H groups in total. The van der Waals surface area contributed by atoms with Crippen molar-refractivity contribution in [3.8, 4) is 5.69 Å². The van der Waals surface area contributed by atoms with E-state index in [1.807, 2.05) is 42.5 Å². The van der Waals surface area contributed by atoms with Crippen molar-refractivity contribution in [1.82, 2.24) is 24.8 Å². The molecule has 29 heavy (non-hydrogen) atoms. The normalized spacial score (nSPS) is 14.4. The number of hydrogen-bond donors (Lipinski definition) is 1. The number of imidazole rings is 1. The minimum Gasteiger partial charge on any atom is -0.353 e. The van der Waals surface area contributed by atoms with Crippen molar-refractivity contribution in [2.45, 2.75) is 6.54 Å². The van der Waals surface area contributed by atoms with E-state index in [-0.39, 0.29) is 24.0 Å². The van der Waals surface area contributed by atoms with Crippen LogP contribution < -0.4 is 10.2 Å². The maximum absolute atomic E-state index is 4.48. The van der Waals surface area contributed by atoms with Gasteiger partial charge in [-0.05, 0) is 29.8 Å². The number of rotatable bonds is 4. The Morgan fingerprint density at radius 2 is 1.93 bits per heavy atom. The van der Waals surface area contributed by atoms with E-state index in [0.717, 1.165) is 50.2 Å². The lowest BCUT2D eigenvalue weighted by Crippen LogP contribution is -2.52. The molecule has 0 spiro atoms. The molecule has 3 aromatic rings. The summed E-state index contributed by atoms with van der Waals surface area (Å²) in [4.78, 5) is 17.7. The molecule has 0 saturated carbocycles. The molecule has 4 rings (SSSR count). The van der Waals surface area contributed by atoms with E-state index in [1.165, 1.54) is 5.56 Å². The number of nitrogens with one attached hydrogen (secondary N) is 1. The fraction of sp³-hybridized carbons (Fsp3) is 0.286. The van der Waals surface area contributed by atoms with Crippen molar-refractivity contribution in [3.63, 3.8) is 0 Å². The number of anilines is 1. The van der Waals surface area contributed by atoms with Crippen molar-refractivity contribution < 1.29 is 0 Å². The first kappa shape index (κ1) is 21.1. The zero-order valence-electron chi connectivity index (χ0n) is 16.5. The molecule has 8 heteroatoms. The van der Waals surface area contributed by atoms with E-state index in [2.05, 4.69) is 60.4 Å². The summed E-state index contributed by atoms with van der Waals surface area (Å²) in [5.41, 5.74) is 2.32. The highest BCUT2D eigenvalue weighted by Crippen LogP contribution is 2.13. The lowest BCUT2D eigenvalue weighted by Gasteiger charge is -2.37. The van der Waals surface area contributed by atoms with Crippen LogP contribution in [0.2, 0.25) is 0 Å². The van der Waals surface area contributed by atoms with Gasteiger partial charge in [-0.2, -0.15) is 0 Å². The van der Waals surface area contributed by atoms with Gasteiger partial charge in [-0.25, -0.2) is 9.97 Å². The van der Waals surface area contributed by atoms with Crippen LogP contribution in [-0.2, 0) is 6.54 Å². The van der Waals surface area contributed by atoms with Crippen molar-refractivity contribution in [2.24, 2.45) is 4.99 Å². The van der Waals surface area contributed by atoms with Crippen LogP contribution in [0.1, 0.15) is 5.56 Å². The Bertz CT molecular complexity index is 904. The molecule has 2 aromatic heterocycles. The number of aliphatic imine (C=N–C) groups is 1. The fourth-order valence-electron chi connectivity index (χ4n) is 3.44. The standard InChI is InChI=1S/C21H25N7.HI/c1-22-21(27-13-11-26(12-14-27)20-7-2-3-8-24-20)25-16-18-5-4-6-19(15-18)28-10-9-23-17-28;/h2-10,15,17H,11-14,16H2,1H3,(H,22,25);1H. The molecular weight excluding hydrogens is 477 g/mol. The zero-order valence-corrected chi connectivity index (χ0v) is 18.8. The first-order valence-electron chi connectivity index (χ1n) is 9.52. The van der Waals surface area contributed by atoms with Crippen LogP contribution in [0.3, 0.4) is 0 Å². The number of halogens is 1. The fourth-order valence-corrected chi connectivity index (χ4v) is 3.44. The van der Waals surface area contributed by atoms with Gasteiger partial charge < -0.3 is 19.7 Å². The summed E-state index contributed by atoms with van der Waals surface area (Å²) in [6.07, 6.45) is 7.40. The molecule has 152 valence electrons. The van der Waals surface area contributed by atoms with Gasteiger partial charge in [0.15, 0.2) is 5.96 Å². The van der Waals surface area contributed by atoms with Gasteiger partial charge in [0.25, 0.3) is 0 Å². The van der Waals surface area contributed by atoms with E-state index >= 15 is 0 Å². The van der Waals surface area contributed by atoms with Crippen LogP contribution in [0, 0.1) is 0 Å². The van der Waals surface area contributed by atoms with E-state index in [4.69, 9.17) is 0 Å². The Hall–Kier alpha value is -2.62. The number of pyridine rings is 1. The monoisotopic (exact) mass is 503 g/mol. The third-order valence-electron chi connectivity index (χ3n) is 4.93. The topological polar surface area (TPSA) is 61.6 Å². The highest BCUT2D eigenvalue weighted by Gasteiger charge is 2.20. The summed E-state index contributed by atoms with van der Waals surface area (Å²) in [7, 11) is 1.84. The average Bonchev–Trinajstić information content (AvgIpc) is 3.31. The van der Waals surface area contributed by atoms with Gasteiger partial charge in [-0.1, -0.05) is 18.2 Å². The Kier molecular flexibility index (Phi) is 7.45. The Balaban J connectivity index is 0.00000240. The van der Waals surface area contributed by atoms with Crippen molar-refractivity contribution >= 4 is 35.8 Å². The number of nitrogens with zero attached hydrogens (tertiary/aromatic N) is 6. The molecule has 7 nitrogen and oxygen atoms in total. The number of hydrogen-bond acceptors (Lipinski definition) is 4. The molecule has 1 aliphatic heterocycles. The van der Waals surface area contributed by atoms with Crippen molar-refractivity contribution in [3.05, 3.63) is 72.9 Å². The summed E-state index contributed by atoms with van der Waals surface area (Å²) in [5, 5.41) is 3.50. The largest absolute Gasteiger partial charge is 0.353 e. The summed E-state index contributed by atoms with van der Waals surface area (Å²) < 4.78 is 2.01. The van der Waals surface area contributed by atoms with E-state index in [0.29, 0.717) is 0 Å². The van der Waals surface area contributed by atoms with Gasteiger partial charge >= 0.3 is 0 Å². The highest BCUT2D eigenvalue weighted by atomic mass is 127. The van der Waals surface area contributed by atoms with Gasteiger partial charge in [0.2, 0.25) is 0 Å². The number of benzene rings is 1. The molecular formula is C21H26IN7. The first-order chi connectivity index (χ1) is 13.8. The molecule has 0 bridgehead atoms. The maximum atomic E-state index is 4.48. The average molecular weight is 503 g/mol. The van der Waals surface area contributed by atoms with Gasteiger partial charge in [-0.15, -0.1) is 24.0 Å².